The van der Waals surface area contributed by atoms with Gasteiger partial charge in [-0.1, -0.05) is 6.92 Å². The topological polar surface area (TPSA) is 95.6 Å². The van der Waals surface area contributed by atoms with E-state index >= 15 is 0 Å². The lowest BCUT2D eigenvalue weighted by Crippen LogP contribution is -2.51. The lowest BCUT2D eigenvalue weighted by molar-refractivity contribution is -0.139. The predicted molar refractivity (Wildman–Crippen MR) is 127 cm³/mol. The normalized spacial score (nSPS) is 31.6. The van der Waals surface area contributed by atoms with Gasteiger partial charge in [0.15, 0.2) is 9.84 Å². The monoisotopic (exact) mass is 469 g/mol. The third-order valence-electron chi connectivity index (χ3n) is 7.96. The summed E-state index contributed by atoms with van der Waals surface area (Å²) in [6, 6.07) is 0.482. The first-order valence-electron chi connectivity index (χ1n) is 12.9. The molecule has 3 aliphatic rings. The van der Waals surface area contributed by atoms with E-state index in [2.05, 4.69) is 22.5 Å². The molecule has 1 unspecified atom stereocenters. The van der Waals surface area contributed by atoms with E-state index in [1.165, 1.54) is 0 Å². The largest absolute Gasteiger partial charge is 0.353 e. The lowest BCUT2D eigenvalue weighted by atomic mass is 9.84. The first kappa shape index (κ1) is 25.5. The van der Waals surface area contributed by atoms with Gasteiger partial charge in [-0.3, -0.25) is 9.59 Å². The fourth-order valence-electron chi connectivity index (χ4n) is 5.89. The predicted octanol–water partition coefficient (Wildman–Crippen LogP) is 2.65. The number of sulfone groups is 1. The lowest BCUT2D eigenvalue weighted by Gasteiger charge is -2.38. The fourth-order valence-corrected chi connectivity index (χ4v) is 7.35. The van der Waals surface area contributed by atoms with E-state index in [0.29, 0.717) is 37.1 Å². The van der Waals surface area contributed by atoms with Crippen molar-refractivity contribution in [1.82, 2.24) is 15.5 Å². The van der Waals surface area contributed by atoms with Gasteiger partial charge in [0, 0.05) is 43.3 Å². The molecule has 0 spiro atoms. The standard InChI is InChI=1S/C24H43N3O4S/c1-3-27(21-6-5-15-25-17-21)24(29)19-9-11-20(12-10-19)26-23(28)16-18-7-13-22(14-8-18)32(30,31)4-2/h18-22,25H,3-17H2,1-2H3,(H,26,28). The molecule has 32 heavy (non-hydrogen) atoms. The molecule has 8 heteroatoms. The summed E-state index contributed by atoms with van der Waals surface area (Å²) in [7, 11) is -2.96. The molecule has 184 valence electrons. The van der Waals surface area contributed by atoms with Crippen molar-refractivity contribution in [3.63, 3.8) is 0 Å². The second-order valence-corrected chi connectivity index (χ2v) is 12.6. The number of hydrogen-bond acceptors (Lipinski definition) is 5. The van der Waals surface area contributed by atoms with Crippen molar-refractivity contribution in [2.45, 2.75) is 102 Å². The third-order valence-corrected chi connectivity index (χ3v) is 10.2. The maximum absolute atomic E-state index is 13.1. The molecule has 1 saturated heterocycles. The van der Waals surface area contributed by atoms with Gasteiger partial charge < -0.3 is 15.5 Å². The summed E-state index contributed by atoms with van der Waals surface area (Å²) in [6.07, 6.45) is 9.15. The van der Waals surface area contributed by atoms with Gasteiger partial charge in [0.1, 0.15) is 0 Å². The average Bonchev–Trinajstić information content (AvgIpc) is 2.81. The highest BCUT2D eigenvalue weighted by atomic mass is 32.2. The SMILES string of the molecule is CCN(C(=O)C1CCC(NC(=O)CC2CCC(S(=O)(=O)CC)CC2)CC1)C1CCCNC1. The number of nitrogens with one attached hydrogen (secondary N) is 2. The van der Waals surface area contributed by atoms with E-state index < -0.39 is 9.84 Å². The highest BCUT2D eigenvalue weighted by molar-refractivity contribution is 7.92. The van der Waals surface area contributed by atoms with Gasteiger partial charge >= 0.3 is 0 Å². The van der Waals surface area contributed by atoms with E-state index in [1.807, 2.05) is 0 Å². The maximum Gasteiger partial charge on any atom is 0.225 e. The van der Waals surface area contributed by atoms with Crippen LogP contribution in [-0.2, 0) is 19.4 Å². The van der Waals surface area contributed by atoms with Gasteiger partial charge in [0.25, 0.3) is 0 Å². The van der Waals surface area contributed by atoms with Crippen molar-refractivity contribution in [2.75, 3.05) is 25.4 Å². The van der Waals surface area contributed by atoms with E-state index in [1.54, 1.807) is 6.92 Å². The molecule has 0 aromatic carbocycles. The summed E-state index contributed by atoms with van der Waals surface area (Å²) in [5.74, 6) is 0.968. The summed E-state index contributed by atoms with van der Waals surface area (Å²) in [6.45, 7) is 6.50. The first-order chi connectivity index (χ1) is 15.3. The summed E-state index contributed by atoms with van der Waals surface area (Å²) in [5, 5.41) is 6.39. The molecule has 3 fully saturated rings. The Labute approximate surface area is 194 Å². The highest BCUT2D eigenvalue weighted by Crippen LogP contribution is 2.32. The summed E-state index contributed by atoms with van der Waals surface area (Å²) >= 11 is 0. The van der Waals surface area contributed by atoms with Crippen molar-refractivity contribution in [3.8, 4) is 0 Å². The number of piperidine rings is 1. The van der Waals surface area contributed by atoms with Crippen molar-refractivity contribution in [1.29, 1.82) is 0 Å². The molecule has 0 aromatic rings. The molecule has 0 radical (unpaired) electrons. The Morgan fingerprint density at radius 2 is 1.66 bits per heavy atom. The van der Waals surface area contributed by atoms with E-state index in [0.717, 1.165) is 71.0 Å². The van der Waals surface area contributed by atoms with Crippen LogP contribution < -0.4 is 10.6 Å². The van der Waals surface area contributed by atoms with Crippen LogP contribution in [0.25, 0.3) is 0 Å². The minimum Gasteiger partial charge on any atom is -0.353 e. The molecule has 2 amide bonds. The molecule has 0 aromatic heterocycles. The number of amides is 2. The Morgan fingerprint density at radius 1 is 0.969 bits per heavy atom. The Kier molecular flexibility index (Phi) is 9.41. The number of hydrogen-bond donors (Lipinski definition) is 2. The van der Waals surface area contributed by atoms with Gasteiger partial charge in [-0.15, -0.1) is 0 Å². The quantitative estimate of drug-likeness (QED) is 0.570. The molecule has 1 aliphatic heterocycles. The highest BCUT2D eigenvalue weighted by Gasteiger charge is 2.34. The number of carbonyl (C=O) groups excluding carboxylic acids is 2. The van der Waals surface area contributed by atoms with Crippen LogP contribution in [0, 0.1) is 11.8 Å². The van der Waals surface area contributed by atoms with Crippen LogP contribution in [0.2, 0.25) is 0 Å². The van der Waals surface area contributed by atoms with Gasteiger partial charge in [-0.25, -0.2) is 8.42 Å². The molecule has 0 bridgehead atoms. The van der Waals surface area contributed by atoms with E-state index in [-0.39, 0.29) is 28.9 Å². The van der Waals surface area contributed by atoms with Gasteiger partial charge in [0.2, 0.25) is 11.8 Å². The van der Waals surface area contributed by atoms with Crippen molar-refractivity contribution in [2.24, 2.45) is 11.8 Å². The number of rotatable bonds is 8. The first-order valence-corrected chi connectivity index (χ1v) is 14.6. The summed E-state index contributed by atoms with van der Waals surface area (Å²) in [4.78, 5) is 27.8. The van der Waals surface area contributed by atoms with Crippen LogP contribution in [0.1, 0.15) is 84.5 Å². The second-order valence-electron chi connectivity index (χ2n) is 10.0. The molecule has 2 saturated carbocycles. The zero-order valence-corrected chi connectivity index (χ0v) is 20.8. The number of likely N-dealkylation sites (N-methyl/N-ethyl adjacent to an activating group) is 1. The molecule has 1 atom stereocenters. The fraction of sp³-hybridized carbons (Fsp3) is 0.917. The molecular formula is C24H43N3O4S. The van der Waals surface area contributed by atoms with Crippen molar-refractivity contribution >= 4 is 21.7 Å². The Morgan fingerprint density at radius 3 is 2.22 bits per heavy atom. The number of nitrogens with zero attached hydrogens (tertiary/aromatic N) is 1. The zero-order chi connectivity index (χ0) is 23.1. The van der Waals surface area contributed by atoms with Crippen LogP contribution in [0.5, 0.6) is 0 Å². The summed E-state index contributed by atoms with van der Waals surface area (Å²) in [5.41, 5.74) is 0. The molecule has 1 heterocycles. The summed E-state index contributed by atoms with van der Waals surface area (Å²) < 4.78 is 24.1. The van der Waals surface area contributed by atoms with Crippen LogP contribution in [-0.4, -0.2) is 67.9 Å². The number of carbonyl (C=O) groups is 2. The molecule has 3 rings (SSSR count). The van der Waals surface area contributed by atoms with Gasteiger partial charge in [0.05, 0.1) is 5.25 Å². The van der Waals surface area contributed by atoms with Crippen molar-refractivity contribution in [3.05, 3.63) is 0 Å². The van der Waals surface area contributed by atoms with E-state index in [9.17, 15) is 18.0 Å². The van der Waals surface area contributed by atoms with Crippen LogP contribution in [0.4, 0.5) is 0 Å². The molecule has 2 aliphatic carbocycles. The minimum atomic E-state index is -2.96. The van der Waals surface area contributed by atoms with Crippen LogP contribution in [0.15, 0.2) is 0 Å². The minimum absolute atomic E-state index is 0.0841. The molecule has 2 N–H and O–H groups in total. The second kappa shape index (κ2) is 11.8. The zero-order valence-electron chi connectivity index (χ0n) is 20.0. The average molecular weight is 470 g/mol. The molecule has 7 nitrogen and oxygen atoms in total. The third kappa shape index (κ3) is 6.69. The Hall–Kier alpha value is -1.15. The van der Waals surface area contributed by atoms with Crippen LogP contribution >= 0.6 is 0 Å². The Bertz CT molecular complexity index is 720. The maximum atomic E-state index is 13.1. The molecular weight excluding hydrogens is 426 g/mol. The van der Waals surface area contributed by atoms with Gasteiger partial charge in [-0.2, -0.15) is 0 Å². The smallest absolute Gasteiger partial charge is 0.225 e. The Balaban J connectivity index is 1.38. The van der Waals surface area contributed by atoms with Crippen LogP contribution in [0.3, 0.4) is 0 Å². The van der Waals surface area contributed by atoms with E-state index in [4.69, 9.17) is 0 Å². The van der Waals surface area contributed by atoms with Crippen molar-refractivity contribution < 1.29 is 18.0 Å². The van der Waals surface area contributed by atoms with Gasteiger partial charge in [-0.05, 0) is 83.6 Å².